The van der Waals surface area contributed by atoms with E-state index in [0.29, 0.717) is 0 Å². The summed E-state index contributed by atoms with van der Waals surface area (Å²) in [5.41, 5.74) is 0. The predicted octanol–water partition coefficient (Wildman–Crippen LogP) is 2.30. The number of alkyl halides is 1. The first-order valence-electron chi connectivity index (χ1n) is 4.00. The van der Waals surface area contributed by atoms with Crippen molar-refractivity contribution in [1.82, 2.24) is 0 Å². The Balaban J connectivity index is 2.22. The topological polar surface area (TPSA) is 26.3 Å². The Hall–Kier alpha value is 0.200. The average Bonchev–Trinajstić information content (AvgIpc) is 1.93. The van der Waals surface area contributed by atoms with Gasteiger partial charge in [0.2, 0.25) is 0 Å². The maximum Gasteiger partial charge on any atom is 0.302 e. The molecular formula is C8H13IO2. The third-order valence-corrected chi connectivity index (χ3v) is 3.18. The molecule has 0 aliphatic heterocycles. The largest absolute Gasteiger partial charge is 0.463 e. The van der Waals surface area contributed by atoms with Gasteiger partial charge in [-0.15, -0.1) is 0 Å². The molecule has 1 aliphatic carbocycles. The summed E-state index contributed by atoms with van der Waals surface area (Å²) in [5, 5.41) is 0. The van der Waals surface area contributed by atoms with Crippen molar-refractivity contribution in [3.63, 3.8) is 0 Å². The van der Waals surface area contributed by atoms with Crippen LogP contribution in [0.4, 0.5) is 0 Å². The van der Waals surface area contributed by atoms with Crippen molar-refractivity contribution in [2.45, 2.75) is 42.6 Å². The van der Waals surface area contributed by atoms with E-state index in [1.807, 2.05) is 0 Å². The SMILES string of the molecule is CC(=O)OC1CCC(I)CC1. The third-order valence-electron chi connectivity index (χ3n) is 1.94. The molecule has 0 bridgehead atoms. The van der Waals surface area contributed by atoms with E-state index in [2.05, 4.69) is 22.6 Å². The van der Waals surface area contributed by atoms with Crippen LogP contribution < -0.4 is 0 Å². The maximum absolute atomic E-state index is 10.6. The minimum absolute atomic E-state index is 0.137. The van der Waals surface area contributed by atoms with E-state index < -0.39 is 0 Å². The van der Waals surface area contributed by atoms with Crippen LogP contribution in [0.25, 0.3) is 0 Å². The first-order valence-corrected chi connectivity index (χ1v) is 5.24. The highest BCUT2D eigenvalue weighted by Crippen LogP contribution is 2.26. The summed E-state index contributed by atoms with van der Waals surface area (Å²) in [6.07, 6.45) is 4.69. The second-order valence-electron chi connectivity index (χ2n) is 2.98. The lowest BCUT2D eigenvalue weighted by Crippen LogP contribution is -2.23. The van der Waals surface area contributed by atoms with Crippen molar-refractivity contribution in [3.8, 4) is 0 Å². The smallest absolute Gasteiger partial charge is 0.302 e. The van der Waals surface area contributed by atoms with E-state index in [0.717, 1.165) is 16.8 Å². The molecule has 0 radical (unpaired) electrons. The molecule has 0 N–H and O–H groups in total. The Morgan fingerprint density at radius 3 is 2.36 bits per heavy atom. The third kappa shape index (κ3) is 3.40. The molecule has 1 saturated carbocycles. The summed E-state index contributed by atoms with van der Waals surface area (Å²) in [5.74, 6) is -0.137. The zero-order chi connectivity index (χ0) is 8.27. The Morgan fingerprint density at radius 2 is 1.91 bits per heavy atom. The van der Waals surface area contributed by atoms with Gasteiger partial charge in [-0.2, -0.15) is 0 Å². The lowest BCUT2D eigenvalue weighted by atomic mass is 9.98. The maximum atomic E-state index is 10.6. The van der Waals surface area contributed by atoms with Gasteiger partial charge in [0.1, 0.15) is 6.10 Å². The number of halogens is 1. The molecule has 1 fully saturated rings. The van der Waals surface area contributed by atoms with Crippen LogP contribution in [-0.4, -0.2) is 16.0 Å². The fourth-order valence-electron chi connectivity index (χ4n) is 1.37. The van der Waals surface area contributed by atoms with Gasteiger partial charge in [-0.1, -0.05) is 22.6 Å². The van der Waals surface area contributed by atoms with Gasteiger partial charge < -0.3 is 4.74 Å². The first kappa shape index (κ1) is 9.29. The molecule has 2 nitrogen and oxygen atoms in total. The lowest BCUT2D eigenvalue weighted by molar-refractivity contribution is -0.147. The van der Waals surface area contributed by atoms with Crippen molar-refractivity contribution in [2.24, 2.45) is 0 Å². The Kier molecular flexibility index (Phi) is 3.62. The van der Waals surface area contributed by atoms with Crippen LogP contribution >= 0.6 is 22.6 Å². The molecule has 0 spiro atoms. The highest BCUT2D eigenvalue weighted by Gasteiger charge is 2.20. The van der Waals surface area contributed by atoms with Gasteiger partial charge in [0.25, 0.3) is 0 Å². The van der Waals surface area contributed by atoms with Gasteiger partial charge in [0.05, 0.1) is 0 Å². The van der Waals surface area contributed by atoms with E-state index in [9.17, 15) is 4.79 Å². The van der Waals surface area contributed by atoms with E-state index in [-0.39, 0.29) is 12.1 Å². The quantitative estimate of drug-likeness (QED) is 0.414. The molecule has 0 aromatic heterocycles. The van der Waals surface area contributed by atoms with Gasteiger partial charge in [-0.3, -0.25) is 4.79 Å². The predicted molar refractivity (Wildman–Crippen MR) is 51.8 cm³/mol. The van der Waals surface area contributed by atoms with E-state index in [4.69, 9.17) is 4.74 Å². The number of carbonyl (C=O) groups is 1. The minimum Gasteiger partial charge on any atom is -0.463 e. The first-order chi connectivity index (χ1) is 5.18. The summed E-state index contributed by atoms with van der Waals surface area (Å²) in [7, 11) is 0. The van der Waals surface area contributed by atoms with Crippen LogP contribution in [0.5, 0.6) is 0 Å². The summed E-state index contributed by atoms with van der Waals surface area (Å²) in [4.78, 5) is 10.6. The number of rotatable bonds is 1. The molecule has 0 aromatic carbocycles. The second-order valence-corrected chi connectivity index (χ2v) is 4.75. The Labute approximate surface area is 80.8 Å². The highest BCUT2D eigenvalue weighted by molar-refractivity contribution is 14.1. The molecule has 0 atom stereocenters. The van der Waals surface area contributed by atoms with Gasteiger partial charge in [-0.25, -0.2) is 0 Å². The minimum atomic E-state index is -0.137. The number of esters is 1. The van der Waals surface area contributed by atoms with Crippen LogP contribution in [-0.2, 0) is 9.53 Å². The van der Waals surface area contributed by atoms with E-state index in [1.54, 1.807) is 0 Å². The molecular weight excluding hydrogens is 255 g/mol. The van der Waals surface area contributed by atoms with Crippen LogP contribution in [0.2, 0.25) is 0 Å². The molecule has 64 valence electrons. The Morgan fingerprint density at radius 1 is 1.36 bits per heavy atom. The molecule has 1 rings (SSSR count). The average molecular weight is 268 g/mol. The van der Waals surface area contributed by atoms with Gasteiger partial charge >= 0.3 is 5.97 Å². The molecule has 0 unspecified atom stereocenters. The normalized spacial score (nSPS) is 31.5. The Bertz CT molecular complexity index is 139. The molecule has 11 heavy (non-hydrogen) atoms. The molecule has 1 aliphatic rings. The lowest BCUT2D eigenvalue weighted by Gasteiger charge is -2.24. The van der Waals surface area contributed by atoms with Crippen molar-refractivity contribution in [3.05, 3.63) is 0 Å². The van der Waals surface area contributed by atoms with Crippen LogP contribution in [0.3, 0.4) is 0 Å². The van der Waals surface area contributed by atoms with Crippen molar-refractivity contribution < 1.29 is 9.53 Å². The molecule has 0 saturated heterocycles. The van der Waals surface area contributed by atoms with Gasteiger partial charge in [0, 0.05) is 10.8 Å². The van der Waals surface area contributed by atoms with Gasteiger partial charge in [0.15, 0.2) is 0 Å². The highest BCUT2D eigenvalue weighted by atomic mass is 127. The zero-order valence-corrected chi connectivity index (χ0v) is 8.84. The van der Waals surface area contributed by atoms with E-state index >= 15 is 0 Å². The van der Waals surface area contributed by atoms with Crippen LogP contribution in [0, 0.1) is 0 Å². The van der Waals surface area contributed by atoms with Gasteiger partial charge in [-0.05, 0) is 25.7 Å². The number of hydrogen-bond donors (Lipinski definition) is 0. The van der Waals surface area contributed by atoms with Crippen molar-refractivity contribution in [2.75, 3.05) is 0 Å². The summed E-state index contributed by atoms with van der Waals surface area (Å²) < 4.78 is 5.89. The molecule has 0 aromatic rings. The number of carbonyl (C=O) groups excluding carboxylic acids is 1. The number of ether oxygens (including phenoxy) is 1. The zero-order valence-electron chi connectivity index (χ0n) is 6.68. The summed E-state index contributed by atoms with van der Waals surface area (Å²) >= 11 is 2.46. The fourth-order valence-corrected chi connectivity index (χ4v) is 2.09. The van der Waals surface area contributed by atoms with Crippen molar-refractivity contribution in [1.29, 1.82) is 0 Å². The van der Waals surface area contributed by atoms with E-state index in [1.165, 1.54) is 19.8 Å². The molecule has 0 heterocycles. The fraction of sp³-hybridized carbons (Fsp3) is 0.875. The standard InChI is InChI=1S/C8H13IO2/c1-6(10)11-8-4-2-7(9)3-5-8/h7-8H,2-5H2,1H3. The number of hydrogen-bond acceptors (Lipinski definition) is 2. The summed E-state index contributed by atoms with van der Waals surface area (Å²) in [6, 6.07) is 0. The van der Waals surface area contributed by atoms with Crippen LogP contribution in [0.15, 0.2) is 0 Å². The molecule has 3 heteroatoms. The van der Waals surface area contributed by atoms with Crippen molar-refractivity contribution >= 4 is 28.6 Å². The summed E-state index contributed by atoms with van der Waals surface area (Å²) in [6.45, 7) is 1.48. The second kappa shape index (κ2) is 4.28. The molecule has 0 amide bonds. The van der Waals surface area contributed by atoms with Crippen LogP contribution in [0.1, 0.15) is 32.6 Å². The monoisotopic (exact) mass is 268 g/mol.